The molecule has 1 atom stereocenters. The van der Waals surface area contributed by atoms with E-state index in [0.717, 1.165) is 122 Å². The van der Waals surface area contributed by atoms with Crippen molar-refractivity contribution < 1.29 is 28.6 Å². The first-order valence-electron chi connectivity index (χ1n) is 31.3. The van der Waals surface area contributed by atoms with Gasteiger partial charge in [-0.15, -0.1) is 0 Å². The van der Waals surface area contributed by atoms with Crippen molar-refractivity contribution in [3.8, 4) is 0 Å². The highest BCUT2D eigenvalue weighted by Crippen LogP contribution is 2.15. The van der Waals surface area contributed by atoms with Crippen molar-refractivity contribution >= 4 is 17.9 Å². The maximum Gasteiger partial charge on any atom is 0.306 e. The Bertz CT molecular complexity index is 1700. The summed E-state index contributed by atoms with van der Waals surface area (Å²) in [6.07, 6.45) is 91.5. The number of allylic oxidation sites excluding steroid dienone is 24. The lowest BCUT2D eigenvalue weighted by molar-refractivity contribution is -0.166. The van der Waals surface area contributed by atoms with Gasteiger partial charge < -0.3 is 14.2 Å². The summed E-state index contributed by atoms with van der Waals surface area (Å²) in [5.74, 6) is -1.03. The zero-order valence-corrected chi connectivity index (χ0v) is 49.7. The minimum atomic E-state index is -0.826. The molecule has 0 bridgehead atoms. The second-order valence-corrected chi connectivity index (χ2v) is 20.2. The normalized spacial score (nSPS) is 13.1. The van der Waals surface area contributed by atoms with Gasteiger partial charge in [-0.2, -0.15) is 0 Å². The fourth-order valence-corrected chi connectivity index (χ4v) is 8.20. The zero-order valence-electron chi connectivity index (χ0n) is 49.7. The Morgan fingerprint density at radius 1 is 0.273 bits per heavy atom. The van der Waals surface area contributed by atoms with Gasteiger partial charge in [0.1, 0.15) is 13.2 Å². The molecule has 77 heavy (non-hydrogen) atoms. The molecule has 0 rings (SSSR count). The van der Waals surface area contributed by atoms with Crippen LogP contribution in [-0.4, -0.2) is 37.2 Å². The van der Waals surface area contributed by atoms with Gasteiger partial charge in [-0.25, -0.2) is 0 Å². The molecule has 6 heteroatoms. The number of carbonyl (C=O) groups is 3. The molecule has 0 aliphatic carbocycles. The number of hydrogen-bond donors (Lipinski definition) is 0. The summed E-state index contributed by atoms with van der Waals surface area (Å²) in [7, 11) is 0. The van der Waals surface area contributed by atoms with Crippen LogP contribution < -0.4 is 0 Å². The third kappa shape index (κ3) is 62.0. The van der Waals surface area contributed by atoms with E-state index in [4.69, 9.17) is 14.2 Å². The van der Waals surface area contributed by atoms with Gasteiger partial charge in [-0.05, 0) is 128 Å². The Kier molecular flexibility index (Phi) is 59.9. The Morgan fingerprint density at radius 2 is 0.532 bits per heavy atom. The molecule has 0 radical (unpaired) electrons. The molecule has 0 aliphatic heterocycles. The number of carbonyl (C=O) groups excluding carboxylic acids is 3. The number of ether oxygens (including phenoxy) is 3. The predicted molar refractivity (Wildman–Crippen MR) is 334 cm³/mol. The summed E-state index contributed by atoms with van der Waals surface area (Å²) in [5, 5.41) is 0. The monoisotopic (exact) mass is 1060 g/mol. The lowest BCUT2D eigenvalue weighted by Gasteiger charge is -2.18. The molecule has 0 aliphatic rings. The summed E-state index contributed by atoms with van der Waals surface area (Å²) in [4.78, 5) is 38.2. The summed E-state index contributed by atoms with van der Waals surface area (Å²) >= 11 is 0. The first-order chi connectivity index (χ1) is 38.0. The van der Waals surface area contributed by atoms with Gasteiger partial charge in [0.05, 0.1) is 0 Å². The lowest BCUT2D eigenvalue weighted by atomic mass is 10.0. The smallest absolute Gasteiger partial charge is 0.306 e. The Balaban J connectivity index is 4.46. The molecule has 6 nitrogen and oxygen atoms in total. The van der Waals surface area contributed by atoms with Crippen LogP contribution in [0.2, 0.25) is 0 Å². The van der Waals surface area contributed by atoms with Crippen LogP contribution in [0.5, 0.6) is 0 Å². The Hall–Kier alpha value is -4.71. The molecular weight excluding hydrogens is 949 g/mol. The molecule has 0 fully saturated rings. The number of rotatable bonds is 55. The molecule has 0 aromatic rings. The van der Waals surface area contributed by atoms with Crippen molar-refractivity contribution in [3.05, 3.63) is 146 Å². The van der Waals surface area contributed by atoms with Crippen LogP contribution in [0, 0.1) is 0 Å². The van der Waals surface area contributed by atoms with E-state index in [2.05, 4.69) is 154 Å². The topological polar surface area (TPSA) is 78.9 Å². The molecule has 0 spiro atoms. The molecule has 0 N–H and O–H groups in total. The van der Waals surface area contributed by atoms with Gasteiger partial charge in [-0.3, -0.25) is 14.4 Å². The van der Waals surface area contributed by atoms with Crippen LogP contribution >= 0.6 is 0 Å². The van der Waals surface area contributed by atoms with Gasteiger partial charge in [0.25, 0.3) is 0 Å². The summed E-state index contributed by atoms with van der Waals surface area (Å²) in [6.45, 7) is 6.31. The number of hydrogen-bond acceptors (Lipinski definition) is 6. The zero-order chi connectivity index (χ0) is 55.7. The second kappa shape index (κ2) is 63.8. The first-order valence-corrected chi connectivity index (χ1v) is 31.3. The lowest BCUT2D eigenvalue weighted by Crippen LogP contribution is -2.30. The molecule has 0 aromatic carbocycles. The van der Waals surface area contributed by atoms with E-state index in [1.54, 1.807) is 0 Å². The van der Waals surface area contributed by atoms with Crippen LogP contribution in [0.1, 0.15) is 265 Å². The number of unbranched alkanes of at least 4 members (excludes halogenated alkanes) is 20. The average molecular weight is 1060 g/mol. The van der Waals surface area contributed by atoms with Crippen LogP contribution in [0.15, 0.2) is 146 Å². The maximum atomic E-state index is 12.9. The highest BCUT2D eigenvalue weighted by Gasteiger charge is 2.19. The fourth-order valence-electron chi connectivity index (χ4n) is 8.20. The van der Waals surface area contributed by atoms with Gasteiger partial charge in [0.2, 0.25) is 0 Å². The van der Waals surface area contributed by atoms with Crippen molar-refractivity contribution in [1.29, 1.82) is 0 Å². The van der Waals surface area contributed by atoms with Crippen LogP contribution in [0.3, 0.4) is 0 Å². The Labute approximate surface area is 474 Å². The quantitative estimate of drug-likeness (QED) is 0.0261. The van der Waals surface area contributed by atoms with E-state index in [9.17, 15) is 14.4 Å². The second-order valence-electron chi connectivity index (χ2n) is 20.2. The van der Waals surface area contributed by atoms with Gasteiger partial charge >= 0.3 is 17.9 Å². The first kappa shape index (κ1) is 72.3. The van der Waals surface area contributed by atoms with E-state index in [1.807, 2.05) is 12.2 Å². The van der Waals surface area contributed by atoms with Crippen LogP contribution in [-0.2, 0) is 28.6 Å². The molecule has 0 aromatic heterocycles. The Morgan fingerprint density at radius 3 is 0.870 bits per heavy atom. The van der Waals surface area contributed by atoms with Crippen molar-refractivity contribution in [1.82, 2.24) is 0 Å². The minimum absolute atomic E-state index is 0.119. The van der Waals surface area contributed by atoms with Crippen molar-refractivity contribution in [2.45, 2.75) is 271 Å². The third-order valence-corrected chi connectivity index (χ3v) is 12.8. The molecule has 0 saturated carbocycles. The molecule has 0 heterocycles. The van der Waals surface area contributed by atoms with E-state index in [1.165, 1.54) is 96.3 Å². The highest BCUT2D eigenvalue weighted by molar-refractivity contribution is 5.71. The van der Waals surface area contributed by atoms with E-state index < -0.39 is 6.10 Å². The average Bonchev–Trinajstić information content (AvgIpc) is 3.43. The van der Waals surface area contributed by atoms with Crippen molar-refractivity contribution in [2.24, 2.45) is 0 Å². The van der Waals surface area contributed by atoms with Gasteiger partial charge in [-0.1, -0.05) is 263 Å². The minimum Gasteiger partial charge on any atom is -0.462 e. The fraction of sp³-hybridized carbons (Fsp3) is 0.620. The van der Waals surface area contributed by atoms with Gasteiger partial charge in [0, 0.05) is 19.3 Å². The van der Waals surface area contributed by atoms with E-state index >= 15 is 0 Å². The summed E-state index contributed by atoms with van der Waals surface area (Å²) in [6, 6.07) is 0. The molecule has 1 unspecified atom stereocenters. The predicted octanol–water partition coefficient (Wildman–Crippen LogP) is 21.5. The molecular formula is C71H114O6. The van der Waals surface area contributed by atoms with Crippen LogP contribution in [0.25, 0.3) is 0 Å². The third-order valence-electron chi connectivity index (χ3n) is 12.8. The largest absolute Gasteiger partial charge is 0.462 e. The van der Waals surface area contributed by atoms with Crippen LogP contribution in [0.4, 0.5) is 0 Å². The maximum absolute atomic E-state index is 12.9. The van der Waals surface area contributed by atoms with E-state index in [-0.39, 0.29) is 37.5 Å². The molecule has 0 saturated heterocycles. The van der Waals surface area contributed by atoms with Crippen molar-refractivity contribution in [3.63, 3.8) is 0 Å². The highest BCUT2D eigenvalue weighted by atomic mass is 16.6. The SMILES string of the molecule is CC/C=C\C/C=C\C/C=C\C/C=C\C/C=C\C/C=C\CCCCCCC(=O)OCC(COC(=O)CC/C=C\C/C=C\C/C=C\C/C=C\CC)OC(=O)CCCCCCCCCCCCC/C=C\C/C=C\CCCCCCC. The van der Waals surface area contributed by atoms with Crippen molar-refractivity contribution in [2.75, 3.05) is 13.2 Å². The molecule has 0 amide bonds. The number of esters is 3. The molecule has 434 valence electrons. The summed E-state index contributed by atoms with van der Waals surface area (Å²) < 4.78 is 16.8. The van der Waals surface area contributed by atoms with Gasteiger partial charge in [0.15, 0.2) is 6.10 Å². The van der Waals surface area contributed by atoms with E-state index in [0.29, 0.717) is 19.3 Å². The standard InChI is InChI=1S/C71H114O6/c1-4-7-10-13-16-19-22-25-27-29-31-33-35-37-39-41-43-46-49-52-55-58-61-64-70(73)76-67-68(66-75-69(72)63-60-57-54-51-48-45-24-21-18-15-12-9-6-3)77-71(74)65-62-59-56-53-50-47-44-42-40-38-36-34-32-30-28-26-23-20-17-14-11-8-5-2/h7,9-10,12,16,18-19,21,23,25-27,30-33,37,39,43,45-46,48,54,57,68H,4-6,8,11,13-15,17,20,22,24,28-29,34-36,38,40-42,44,47,49-53,55-56,58-67H2,1-3H3/b10-7-,12-9-,19-16-,21-18-,26-23-,27-25-,32-30-,33-31-,39-37-,46-43-,48-45-,57-54-. The summed E-state index contributed by atoms with van der Waals surface area (Å²) in [5.41, 5.74) is 0.